The Morgan fingerprint density at radius 3 is 2.94 bits per heavy atom. The van der Waals surface area contributed by atoms with Crippen LogP contribution in [0.5, 0.6) is 0 Å². The van der Waals surface area contributed by atoms with Gasteiger partial charge in [-0.1, -0.05) is 22.0 Å². The van der Waals surface area contributed by atoms with Crippen LogP contribution in [-0.4, -0.2) is 17.5 Å². The molecule has 1 amide bonds. The van der Waals surface area contributed by atoms with Gasteiger partial charge < -0.3 is 0 Å². The van der Waals surface area contributed by atoms with Gasteiger partial charge in [0.25, 0.3) is 0 Å². The predicted octanol–water partition coefficient (Wildman–Crippen LogP) is 2.17. The Balaban J connectivity index is 2.32. The lowest BCUT2D eigenvalue weighted by molar-refractivity contribution is -0.135. The second-order valence-electron chi connectivity index (χ2n) is 3.89. The van der Waals surface area contributed by atoms with E-state index in [0.29, 0.717) is 11.0 Å². The maximum Gasteiger partial charge on any atom is 0.244 e. The molecule has 0 aliphatic carbocycles. The summed E-state index contributed by atoms with van der Waals surface area (Å²) in [7, 11) is 0. The highest BCUT2D eigenvalue weighted by Crippen LogP contribution is 2.32. The second-order valence-corrected chi connectivity index (χ2v) is 4.75. The van der Waals surface area contributed by atoms with Crippen LogP contribution in [0.15, 0.2) is 22.7 Å². The van der Waals surface area contributed by atoms with Gasteiger partial charge in [0.05, 0.1) is 5.92 Å². The first-order valence-corrected chi connectivity index (χ1v) is 5.90. The maximum atomic E-state index is 12.9. The summed E-state index contributed by atoms with van der Waals surface area (Å²) in [4.78, 5) is 11.8. The van der Waals surface area contributed by atoms with E-state index in [0.717, 1.165) is 18.4 Å². The van der Waals surface area contributed by atoms with E-state index in [4.69, 9.17) is 5.84 Å². The van der Waals surface area contributed by atoms with Crippen LogP contribution in [0.25, 0.3) is 0 Å². The largest absolute Gasteiger partial charge is 0.280 e. The molecule has 1 fully saturated rings. The highest BCUT2D eigenvalue weighted by atomic mass is 79.9. The number of piperidine rings is 1. The molecule has 1 aromatic rings. The Morgan fingerprint density at radius 2 is 2.25 bits per heavy atom. The number of rotatable bonds is 1. The molecule has 0 aromatic heterocycles. The van der Waals surface area contributed by atoms with Crippen LogP contribution in [0.4, 0.5) is 4.39 Å². The van der Waals surface area contributed by atoms with Gasteiger partial charge in [0.2, 0.25) is 5.91 Å². The number of amides is 1. The highest BCUT2D eigenvalue weighted by molar-refractivity contribution is 9.10. The number of nitrogens with two attached hydrogens (primary N) is 1. The molecule has 1 heterocycles. The van der Waals surface area contributed by atoms with Crippen molar-refractivity contribution in [1.82, 2.24) is 5.01 Å². The molecular weight excluding hydrogens is 275 g/mol. The van der Waals surface area contributed by atoms with E-state index in [1.807, 2.05) is 0 Å². The SMILES string of the molecule is NN1CCCC(c2ccc(F)cc2Br)C1=O. The monoisotopic (exact) mass is 286 g/mol. The molecule has 86 valence electrons. The van der Waals surface area contributed by atoms with Crippen LogP contribution in [0.2, 0.25) is 0 Å². The molecule has 1 aromatic carbocycles. The van der Waals surface area contributed by atoms with Gasteiger partial charge in [-0.2, -0.15) is 0 Å². The topological polar surface area (TPSA) is 46.3 Å². The summed E-state index contributed by atoms with van der Waals surface area (Å²) in [6, 6.07) is 4.38. The summed E-state index contributed by atoms with van der Waals surface area (Å²) in [6.07, 6.45) is 1.63. The molecule has 1 aliphatic heterocycles. The standard InChI is InChI=1S/C11H12BrFN2O/c12-10-6-7(13)3-4-8(10)9-2-1-5-15(14)11(9)16/h3-4,6,9H,1-2,5,14H2. The summed E-state index contributed by atoms with van der Waals surface area (Å²) in [5.74, 6) is 4.91. The number of hydrogen-bond acceptors (Lipinski definition) is 2. The molecule has 2 rings (SSSR count). The Labute approximate surface area is 102 Å². The smallest absolute Gasteiger partial charge is 0.244 e. The zero-order valence-corrected chi connectivity index (χ0v) is 10.2. The van der Waals surface area contributed by atoms with Gasteiger partial charge in [-0.15, -0.1) is 0 Å². The molecule has 1 saturated heterocycles. The molecule has 1 aliphatic rings. The zero-order valence-electron chi connectivity index (χ0n) is 8.62. The van der Waals surface area contributed by atoms with Gasteiger partial charge in [-0.25, -0.2) is 10.2 Å². The fourth-order valence-corrected chi connectivity index (χ4v) is 2.60. The molecule has 1 atom stereocenters. The Bertz CT molecular complexity index is 424. The van der Waals surface area contributed by atoms with Gasteiger partial charge >= 0.3 is 0 Å². The van der Waals surface area contributed by atoms with E-state index in [2.05, 4.69) is 15.9 Å². The van der Waals surface area contributed by atoms with Crippen molar-refractivity contribution in [2.24, 2.45) is 5.84 Å². The van der Waals surface area contributed by atoms with Crippen LogP contribution in [0, 0.1) is 5.82 Å². The van der Waals surface area contributed by atoms with Crippen molar-refractivity contribution < 1.29 is 9.18 Å². The lowest BCUT2D eigenvalue weighted by Crippen LogP contribution is -2.44. The average Bonchev–Trinajstić information content (AvgIpc) is 2.23. The molecule has 0 spiro atoms. The number of nitrogens with zero attached hydrogens (tertiary/aromatic N) is 1. The van der Waals surface area contributed by atoms with Gasteiger partial charge in [0, 0.05) is 11.0 Å². The van der Waals surface area contributed by atoms with Gasteiger partial charge in [-0.3, -0.25) is 9.80 Å². The third-order valence-electron chi connectivity index (χ3n) is 2.81. The molecule has 0 radical (unpaired) electrons. The third kappa shape index (κ3) is 2.10. The first-order valence-electron chi connectivity index (χ1n) is 5.10. The fourth-order valence-electron chi connectivity index (χ4n) is 1.97. The minimum absolute atomic E-state index is 0.0986. The zero-order chi connectivity index (χ0) is 11.7. The molecule has 5 heteroatoms. The Kier molecular flexibility index (Phi) is 3.25. The molecule has 3 nitrogen and oxygen atoms in total. The van der Waals surface area contributed by atoms with Crippen LogP contribution in [0.3, 0.4) is 0 Å². The summed E-state index contributed by atoms with van der Waals surface area (Å²) < 4.78 is 13.6. The maximum absolute atomic E-state index is 12.9. The van der Waals surface area contributed by atoms with Crippen LogP contribution >= 0.6 is 15.9 Å². The van der Waals surface area contributed by atoms with Gasteiger partial charge in [0.1, 0.15) is 5.82 Å². The van der Waals surface area contributed by atoms with Crippen LogP contribution in [0.1, 0.15) is 24.3 Å². The van der Waals surface area contributed by atoms with Crippen molar-refractivity contribution >= 4 is 21.8 Å². The number of hydrogen-bond donors (Lipinski definition) is 1. The van der Waals surface area contributed by atoms with Crippen molar-refractivity contribution in [3.05, 3.63) is 34.1 Å². The Hall–Kier alpha value is -0.940. The summed E-state index contributed by atoms with van der Waals surface area (Å²) in [5.41, 5.74) is 0.807. The average molecular weight is 287 g/mol. The number of carbonyl (C=O) groups excluding carboxylic acids is 1. The molecule has 16 heavy (non-hydrogen) atoms. The number of hydrazine groups is 1. The third-order valence-corrected chi connectivity index (χ3v) is 3.50. The van der Waals surface area contributed by atoms with E-state index in [-0.39, 0.29) is 17.6 Å². The molecule has 0 bridgehead atoms. The van der Waals surface area contributed by atoms with E-state index >= 15 is 0 Å². The van der Waals surface area contributed by atoms with Crippen molar-refractivity contribution in [1.29, 1.82) is 0 Å². The lowest BCUT2D eigenvalue weighted by Gasteiger charge is -2.29. The molecular formula is C11H12BrFN2O. The van der Waals surface area contributed by atoms with Gasteiger partial charge in [-0.05, 0) is 30.5 Å². The number of carbonyl (C=O) groups is 1. The second kappa shape index (κ2) is 4.51. The van der Waals surface area contributed by atoms with Crippen molar-refractivity contribution in [2.75, 3.05) is 6.54 Å². The van der Waals surface area contributed by atoms with Crippen LogP contribution < -0.4 is 5.84 Å². The van der Waals surface area contributed by atoms with E-state index < -0.39 is 0 Å². The summed E-state index contributed by atoms with van der Waals surface area (Å²) >= 11 is 3.28. The normalized spacial score (nSPS) is 21.3. The highest BCUT2D eigenvalue weighted by Gasteiger charge is 2.29. The summed E-state index contributed by atoms with van der Waals surface area (Å²) in [6.45, 7) is 0.591. The van der Waals surface area contributed by atoms with Crippen LogP contribution in [-0.2, 0) is 4.79 Å². The van der Waals surface area contributed by atoms with Crippen molar-refractivity contribution in [3.63, 3.8) is 0 Å². The van der Waals surface area contributed by atoms with Crippen molar-refractivity contribution in [3.8, 4) is 0 Å². The van der Waals surface area contributed by atoms with E-state index in [1.165, 1.54) is 17.1 Å². The van der Waals surface area contributed by atoms with E-state index in [1.54, 1.807) is 6.07 Å². The quantitative estimate of drug-likeness (QED) is 0.635. The summed E-state index contributed by atoms with van der Waals surface area (Å²) in [5, 5.41) is 1.24. The van der Waals surface area contributed by atoms with E-state index in [9.17, 15) is 9.18 Å². The van der Waals surface area contributed by atoms with Crippen molar-refractivity contribution in [2.45, 2.75) is 18.8 Å². The molecule has 0 saturated carbocycles. The van der Waals surface area contributed by atoms with Gasteiger partial charge in [0.15, 0.2) is 0 Å². The molecule has 1 unspecified atom stereocenters. The lowest BCUT2D eigenvalue weighted by atomic mass is 9.90. The Morgan fingerprint density at radius 1 is 1.50 bits per heavy atom. The first-order chi connectivity index (χ1) is 7.59. The minimum Gasteiger partial charge on any atom is -0.280 e. The fraction of sp³-hybridized carbons (Fsp3) is 0.364. The first kappa shape index (κ1) is 11.5. The predicted molar refractivity (Wildman–Crippen MR) is 62.0 cm³/mol. The minimum atomic E-state index is -0.316. The number of benzene rings is 1. The number of halogens is 2. The molecule has 2 N–H and O–H groups in total.